The third-order valence-corrected chi connectivity index (χ3v) is 10.9. The summed E-state index contributed by atoms with van der Waals surface area (Å²) < 4.78 is 5.80. The zero-order valence-corrected chi connectivity index (χ0v) is 26.5. The van der Waals surface area contributed by atoms with Gasteiger partial charge in [-0.15, -0.1) is 23.1 Å². The molecule has 216 valence electrons. The lowest BCUT2D eigenvalue weighted by Gasteiger charge is -2.27. The molecule has 2 N–H and O–H groups in total. The molecule has 0 aromatic carbocycles. The van der Waals surface area contributed by atoms with Crippen molar-refractivity contribution >= 4 is 67.5 Å². The lowest BCUT2D eigenvalue weighted by molar-refractivity contribution is -0.153. The van der Waals surface area contributed by atoms with Crippen LogP contribution in [0.4, 0.5) is 0 Å². The second-order valence-corrected chi connectivity index (χ2v) is 14.8. The molecule has 0 aliphatic carbocycles. The highest BCUT2D eigenvalue weighted by atomic mass is 33.1. The van der Waals surface area contributed by atoms with Gasteiger partial charge >= 0.3 is 5.97 Å². The van der Waals surface area contributed by atoms with Crippen LogP contribution in [0.15, 0.2) is 22.5 Å². The lowest BCUT2D eigenvalue weighted by atomic mass is 10.0. The van der Waals surface area contributed by atoms with Crippen LogP contribution in [0.2, 0.25) is 0 Å². The zero-order chi connectivity index (χ0) is 28.3. The minimum atomic E-state index is -1.01. The number of hydrogen-bond donors (Lipinski definition) is 2. The molecular weight excluding hydrogens is 573 g/mol. The highest BCUT2D eigenvalue weighted by Gasteiger charge is 2.41. The predicted molar refractivity (Wildman–Crippen MR) is 165 cm³/mol. The number of carbonyl (C=O) groups excluding carboxylic acids is 3. The molecular formula is C27H40N4O4S4. The second-order valence-electron chi connectivity index (χ2n) is 10.2. The average Bonchev–Trinajstić information content (AvgIpc) is 3.53. The SMILES string of the molecule is CCCCCCSSCC/C=C/[C@@H]1CC(=O)NCc2nc(cs2)C2=N[C@@](C)(CS2)C(=O)NC(C(C)C)C(=O)O1. The average molecular weight is 613 g/mol. The maximum atomic E-state index is 13.3. The highest BCUT2D eigenvalue weighted by molar-refractivity contribution is 8.76. The number of nitrogens with one attached hydrogen (secondary N) is 2. The number of allylic oxidation sites excluding steroid dienone is 1. The fourth-order valence-electron chi connectivity index (χ4n) is 3.90. The molecule has 2 amide bonds. The molecule has 0 saturated carbocycles. The van der Waals surface area contributed by atoms with Crippen LogP contribution in [-0.2, 0) is 25.7 Å². The van der Waals surface area contributed by atoms with Crippen LogP contribution < -0.4 is 10.6 Å². The van der Waals surface area contributed by atoms with Crippen LogP contribution in [0, 0.1) is 5.92 Å². The van der Waals surface area contributed by atoms with Crippen molar-refractivity contribution in [1.29, 1.82) is 0 Å². The Labute approximate surface area is 248 Å². The van der Waals surface area contributed by atoms with E-state index in [1.807, 2.05) is 46.9 Å². The number of esters is 1. The van der Waals surface area contributed by atoms with Gasteiger partial charge in [-0.3, -0.25) is 14.6 Å². The smallest absolute Gasteiger partial charge is 0.329 e. The highest BCUT2D eigenvalue weighted by Crippen LogP contribution is 2.32. The van der Waals surface area contributed by atoms with Crippen LogP contribution in [0.1, 0.15) is 76.9 Å². The molecule has 0 spiro atoms. The van der Waals surface area contributed by atoms with Crippen molar-refractivity contribution in [3.63, 3.8) is 0 Å². The third-order valence-electron chi connectivity index (χ3n) is 6.28. The number of amides is 2. The minimum Gasteiger partial charge on any atom is -0.456 e. The summed E-state index contributed by atoms with van der Waals surface area (Å²) in [5.41, 5.74) is -0.302. The summed E-state index contributed by atoms with van der Waals surface area (Å²) in [5, 5.41) is 9.10. The number of thiazole rings is 1. The fourth-order valence-corrected chi connectivity index (χ4v) is 7.96. The Morgan fingerprint density at radius 1 is 1.21 bits per heavy atom. The molecule has 0 radical (unpaired) electrons. The Hall–Kier alpha value is -1.50. The normalized spacial score (nSPS) is 24.5. The summed E-state index contributed by atoms with van der Waals surface area (Å²) >= 11 is 2.91. The zero-order valence-electron chi connectivity index (χ0n) is 23.2. The molecule has 1 aromatic heterocycles. The Morgan fingerprint density at radius 2 is 2.00 bits per heavy atom. The first-order valence-corrected chi connectivity index (χ1v) is 17.9. The number of rotatable bonds is 11. The van der Waals surface area contributed by atoms with Gasteiger partial charge in [0, 0.05) is 22.6 Å². The summed E-state index contributed by atoms with van der Waals surface area (Å²) in [4.78, 5) is 48.6. The number of cyclic esters (lactones) is 1. The van der Waals surface area contributed by atoms with Gasteiger partial charge in [0.2, 0.25) is 11.8 Å². The number of thioether (sulfide) groups is 1. The molecule has 3 heterocycles. The van der Waals surface area contributed by atoms with Gasteiger partial charge in [-0.25, -0.2) is 9.78 Å². The van der Waals surface area contributed by atoms with Crippen molar-refractivity contribution in [3.05, 3.63) is 28.2 Å². The van der Waals surface area contributed by atoms with Crippen LogP contribution in [-0.4, -0.2) is 62.8 Å². The van der Waals surface area contributed by atoms with Crippen molar-refractivity contribution < 1.29 is 19.1 Å². The molecule has 4 bridgehead atoms. The lowest BCUT2D eigenvalue weighted by Crippen LogP contribution is -2.53. The van der Waals surface area contributed by atoms with E-state index in [0.717, 1.165) is 22.9 Å². The van der Waals surface area contributed by atoms with Crippen LogP contribution >= 0.6 is 44.7 Å². The van der Waals surface area contributed by atoms with Crippen molar-refractivity contribution in [1.82, 2.24) is 15.6 Å². The summed E-state index contributed by atoms with van der Waals surface area (Å²) in [7, 11) is 3.73. The molecule has 0 fully saturated rings. The molecule has 39 heavy (non-hydrogen) atoms. The molecule has 2 aliphatic rings. The summed E-state index contributed by atoms with van der Waals surface area (Å²) in [6, 6.07) is -0.851. The van der Waals surface area contributed by atoms with Gasteiger partial charge < -0.3 is 15.4 Å². The number of aromatic nitrogens is 1. The van der Waals surface area contributed by atoms with Gasteiger partial charge in [0.15, 0.2) is 0 Å². The predicted octanol–water partition coefficient (Wildman–Crippen LogP) is 5.38. The van der Waals surface area contributed by atoms with E-state index in [0.29, 0.717) is 16.5 Å². The van der Waals surface area contributed by atoms with Gasteiger partial charge in [0.25, 0.3) is 0 Å². The maximum absolute atomic E-state index is 13.3. The summed E-state index contributed by atoms with van der Waals surface area (Å²) in [5.74, 6) is 1.25. The molecule has 3 rings (SSSR count). The Bertz CT molecular complexity index is 1040. The monoisotopic (exact) mass is 612 g/mol. The number of ether oxygens (including phenoxy) is 1. The molecule has 1 aromatic rings. The molecule has 8 nitrogen and oxygen atoms in total. The van der Waals surface area contributed by atoms with Crippen LogP contribution in [0.25, 0.3) is 0 Å². The summed E-state index contributed by atoms with van der Waals surface area (Å²) in [6.07, 6.45) is 8.91. The van der Waals surface area contributed by atoms with Gasteiger partial charge in [-0.2, -0.15) is 0 Å². The first-order chi connectivity index (χ1) is 18.7. The first kappa shape index (κ1) is 32.0. The third kappa shape index (κ3) is 10.1. The fraction of sp³-hybridized carbons (Fsp3) is 0.667. The number of carbonyl (C=O) groups is 3. The number of fused-ring (bicyclic) bond motifs is 4. The standard InChI is InChI=1S/C27H40N4O4S4/c1-5-6-7-9-12-38-39-13-10-8-11-19-14-21(32)28-15-22-29-20(16-36-22)24-31-27(4,17-37-24)26(34)30-23(18(2)3)25(33)35-19/h8,11,16,18-19,23H,5-7,9-10,12-15,17H2,1-4H3,(H,28,32)(H,30,34)/b11-8+/t19-,23?,27+/m1/s1. The van der Waals surface area contributed by atoms with Gasteiger partial charge in [-0.1, -0.05) is 67.7 Å². The van der Waals surface area contributed by atoms with Gasteiger partial charge in [0.1, 0.15) is 33.4 Å². The Balaban J connectivity index is 1.68. The van der Waals surface area contributed by atoms with E-state index in [1.165, 1.54) is 48.8 Å². The quantitative estimate of drug-likeness (QED) is 0.149. The summed E-state index contributed by atoms with van der Waals surface area (Å²) in [6.45, 7) is 7.99. The van der Waals surface area contributed by atoms with E-state index in [1.54, 1.807) is 13.0 Å². The number of unbranched alkanes of at least 4 members (excludes halogenated alkanes) is 3. The molecule has 2 aliphatic heterocycles. The topological polar surface area (TPSA) is 110 Å². The van der Waals surface area contributed by atoms with Crippen molar-refractivity contribution in [2.45, 2.75) is 90.4 Å². The van der Waals surface area contributed by atoms with E-state index in [-0.39, 0.29) is 30.7 Å². The van der Waals surface area contributed by atoms with E-state index >= 15 is 0 Å². The molecule has 3 atom stereocenters. The van der Waals surface area contributed by atoms with E-state index in [9.17, 15) is 14.4 Å². The number of aliphatic imine (C=N–C) groups is 1. The van der Waals surface area contributed by atoms with E-state index in [4.69, 9.17) is 4.74 Å². The number of hydrogen-bond acceptors (Lipinski definition) is 10. The Morgan fingerprint density at radius 3 is 2.77 bits per heavy atom. The molecule has 0 saturated heterocycles. The first-order valence-electron chi connectivity index (χ1n) is 13.6. The van der Waals surface area contributed by atoms with Crippen molar-refractivity contribution in [2.75, 3.05) is 17.3 Å². The van der Waals surface area contributed by atoms with Crippen molar-refractivity contribution in [3.8, 4) is 0 Å². The van der Waals surface area contributed by atoms with Crippen LogP contribution in [0.3, 0.4) is 0 Å². The van der Waals surface area contributed by atoms with E-state index in [2.05, 4.69) is 27.5 Å². The van der Waals surface area contributed by atoms with Gasteiger partial charge in [-0.05, 0) is 31.8 Å². The van der Waals surface area contributed by atoms with E-state index < -0.39 is 23.7 Å². The molecule has 1 unspecified atom stereocenters. The molecule has 12 heteroatoms. The van der Waals surface area contributed by atoms with Crippen LogP contribution in [0.5, 0.6) is 0 Å². The van der Waals surface area contributed by atoms with Gasteiger partial charge in [0.05, 0.1) is 13.0 Å². The number of nitrogens with zero attached hydrogens (tertiary/aromatic N) is 2. The second kappa shape index (κ2) is 16.1. The maximum Gasteiger partial charge on any atom is 0.329 e. The largest absolute Gasteiger partial charge is 0.456 e. The van der Waals surface area contributed by atoms with Crippen molar-refractivity contribution in [2.24, 2.45) is 10.9 Å². The minimum absolute atomic E-state index is 0.00116. The Kier molecular flexibility index (Phi) is 13.2.